The van der Waals surface area contributed by atoms with E-state index in [1.54, 1.807) is 12.4 Å². The summed E-state index contributed by atoms with van der Waals surface area (Å²) >= 11 is 0. The third-order valence-corrected chi connectivity index (χ3v) is 4.28. The molecule has 4 rings (SSSR count). The monoisotopic (exact) mass is 338 g/mol. The van der Waals surface area contributed by atoms with Crippen LogP contribution in [0.5, 0.6) is 0 Å². The summed E-state index contributed by atoms with van der Waals surface area (Å²) in [5.74, 6) is 0.596. The van der Waals surface area contributed by atoms with E-state index in [4.69, 9.17) is 4.98 Å². The van der Waals surface area contributed by atoms with Crippen LogP contribution in [-0.2, 0) is 0 Å². The molecule has 0 aliphatic heterocycles. The molecule has 0 atom stereocenters. The number of benzene rings is 2. The predicted octanol–water partition coefficient (Wildman–Crippen LogP) is 4.88. The van der Waals surface area contributed by atoms with Gasteiger partial charge in [0.05, 0.1) is 0 Å². The summed E-state index contributed by atoms with van der Waals surface area (Å²) in [5, 5.41) is 8.88. The van der Waals surface area contributed by atoms with Crippen molar-refractivity contribution in [2.45, 2.75) is 13.8 Å². The molecule has 2 aromatic carbocycles. The molecule has 126 valence electrons. The molecule has 4 nitrogen and oxygen atoms in total. The van der Waals surface area contributed by atoms with Gasteiger partial charge < -0.3 is 0 Å². The van der Waals surface area contributed by atoms with Crippen molar-refractivity contribution in [1.82, 2.24) is 20.2 Å². The van der Waals surface area contributed by atoms with Gasteiger partial charge in [0.25, 0.3) is 0 Å². The van der Waals surface area contributed by atoms with Gasteiger partial charge in [0.2, 0.25) is 0 Å². The molecule has 4 aromatic rings. The van der Waals surface area contributed by atoms with Crippen molar-refractivity contribution < 1.29 is 0 Å². The minimum atomic E-state index is 0.596. The lowest BCUT2D eigenvalue weighted by molar-refractivity contribution is 0.990. The maximum Gasteiger partial charge on any atom is 0.182 e. The maximum absolute atomic E-state index is 4.84. The van der Waals surface area contributed by atoms with Gasteiger partial charge >= 0.3 is 0 Å². The minimum absolute atomic E-state index is 0.596. The Morgan fingerprint density at radius 1 is 0.538 bits per heavy atom. The molecule has 0 N–H and O–H groups in total. The molecule has 4 heteroatoms. The smallest absolute Gasteiger partial charge is 0.182 e. The lowest BCUT2D eigenvalue weighted by Crippen LogP contribution is -2.00. The number of hydrogen-bond donors (Lipinski definition) is 0. The lowest BCUT2D eigenvalue weighted by Gasteiger charge is -2.10. The van der Waals surface area contributed by atoms with Crippen LogP contribution >= 0.6 is 0 Å². The Balaban J connectivity index is 1.90. The summed E-state index contributed by atoms with van der Waals surface area (Å²) in [6.45, 7) is 4.15. The Hall–Kier alpha value is -3.40. The summed E-state index contributed by atoms with van der Waals surface area (Å²) in [7, 11) is 0. The molecule has 2 heterocycles. The van der Waals surface area contributed by atoms with Crippen LogP contribution in [0.15, 0.2) is 73.1 Å². The first-order valence-corrected chi connectivity index (χ1v) is 8.50. The average Bonchev–Trinajstić information content (AvgIpc) is 2.70. The number of rotatable bonds is 3. The highest BCUT2D eigenvalue weighted by Crippen LogP contribution is 2.30. The Morgan fingerprint density at radius 2 is 1.08 bits per heavy atom. The van der Waals surface area contributed by atoms with Crippen LogP contribution in [0.2, 0.25) is 0 Å². The molecular formula is C22H18N4. The molecule has 0 fully saturated rings. The van der Waals surface area contributed by atoms with E-state index in [1.807, 2.05) is 12.1 Å². The van der Waals surface area contributed by atoms with Gasteiger partial charge in [-0.05, 0) is 26.0 Å². The number of nitrogens with zero attached hydrogens (tertiary/aromatic N) is 4. The van der Waals surface area contributed by atoms with E-state index in [1.165, 1.54) is 11.1 Å². The molecule has 0 amide bonds. The zero-order chi connectivity index (χ0) is 17.9. The summed E-state index contributed by atoms with van der Waals surface area (Å²) in [4.78, 5) is 8.90. The second-order valence-corrected chi connectivity index (χ2v) is 6.30. The van der Waals surface area contributed by atoms with Crippen molar-refractivity contribution in [2.24, 2.45) is 0 Å². The van der Waals surface area contributed by atoms with Gasteiger partial charge in [-0.3, -0.25) is 4.98 Å². The summed E-state index contributed by atoms with van der Waals surface area (Å²) in [5.41, 5.74) is 6.96. The first-order chi connectivity index (χ1) is 12.7. The normalized spacial score (nSPS) is 10.7. The second-order valence-electron chi connectivity index (χ2n) is 6.30. The van der Waals surface area contributed by atoms with Crippen molar-refractivity contribution in [3.8, 4) is 33.9 Å². The molecule has 0 radical (unpaired) electrons. The van der Waals surface area contributed by atoms with Crippen molar-refractivity contribution in [1.29, 1.82) is 0 Å². The molecule has 2 aromatic heterocycles. The van der Waals surface area contributed by atoms with Crippen LogP contribution in [0.4, 0.5) is 0 Å². The first-order valence-electron chi connectivity index (χ1n) is 8.50. The maximum atomic E-state index is 4.84. The average molecular weight is 338 g/mol. The van der Waals surface area contributed by atoms with E-state index >= 15 is 0 Å². The third-order valence-electron chi connectivity index (χ3n) is 4.28. The fourth-order valence-corrected chi connectivity index (χ4v) is 2.77. The van der Waals surface area contributed by atoms with Crippen LogP contribution in [0.3, 0.4) is 0 Å². The van der Waals surface area contributed by atoms with Crippen LogP contribution in [0, 0.1) is 13.8 Å². The van der Waals surface area contributed by atoms with Crippen molar-refractivity contribution >= 4 is 0 Å². The van der Waals surface area contributed by atoms with E-state index in [2.05, 4.69) is 77.6 Å². The number of pyridine rings is 1. The molecule has 0 saturated carbocycles. The first kappa shape index (κ1) is 16.1. The summed E-state index contributed by atoms with van der Waals surface area (Å²) in [6.07, 6.45) is 3.47. The second kappa shape index (κ2) is 6.84. The third kappa shape index (κ3) is 3.22. The van der Waals surface area contributed by atoms with E-state index in [0.717, 1.165) is 28.1 Å². The van der Waals surface area contributed by atoms with Gasteiger partial charge in [-0.1, -0.05) is 59.7 Å². The molecule has 0 bridgehead atoms. The zero-order valence-corrected chi connectivity index (χ0v) is 14.7. The molecule has 0 aliphatic rings. The lowest BCUT2D eigenvalue weighted by atomic mass is 10.0. The van der Waals surface area contributed by atoms with E-state index in [-0.39, 0.29) is 0 Å². The van der Waals surface area contributed by atoms with Crippen molar-refractivity contribution in [2.75, 3.05) is 0 Å². The SMILES string of the molecule is Cc1ccc(-c2nnc(-c3ccncc3)nc2-c2ccc(C)cc2)cc1. The highest BCUT2D eigenvalue weighted by Gasteiger charge is 2.14. The van der Waals surface area contributed by atoms with E-state index < -0.39 is 0 Å². The number of aromatic nitrogens is 4. The topological polar surface area (TPSA) is 51.6 Å². The van der Waals surface area contributed by atoms with Crippen LogP contribution < -0.4 is 0 Å². The van der Waals surface area contributed by atoms with E-state index in [0.29, 0.717) is 5.82 Å². The molecule has 0 aliphatic carbocycles. The molecule has 0 unspecified atom stereocenters. The van der Waals surface area contributed by atoms with Gasteiger partial charge in [-0.2, -0.15) is 0 Å². The largest absolute Gasteiger partial charge is 0.265 e. The summed E-state index contributed by atoms with van der Waals surface area (Å²) < 4.78 is 0. The highest BCUT2D eigenvalue weighted by atomic mass is 15.2. The van der Waals surface area contributed by atoms with Gasteiger partial charge in [-0.25, -0.2) is 4.98 Å². The summed E-state index contributed by atoms with van der Waals surface area (Å²) in [6, 6.07) is 20.4. The predicted molar refractivity (Wildman–Crippen MR) is 103 cm³/mol. The fourth-order valence-electron chi connectivity index (χ4n) is 2.77. The van der Waals surface area contributed by atoms with Crippen LogP contribution in [-0.4, -0.2) is 20.2 Å². The van der Waals surface area contributed by atoms with Crippen molar-refractivity contribution in [3.63, 3.8) is 0 Å². The van der Waals surface area contributed by atoms with Gasteiger partial charge in [0.1, 0.15) is 11.4 Å². The molecule has 0 spiro atoms. The van der Waals surface area contributed by atoms with Crippen LogP contribution in [0.25, 0.3) is 33.9 Å². The highest BCUT2D eigenvalue weighted by molar-refractivity contribution is 5.78. The van der Waals surface area contributed by atoms with Crippen molar-refractivity contribution in [3.05, 3.63) is 84.2 Å². The number of hydrogen-bond acceptors (Lipinski definition) is 4. The number of aryl methyl sites for hydroxylation is 2. The van der Waals surface area contributed by atoms with Gasteiger partial charge in [0.15, 0.2) is 5.82 Å². The van der Waals surface area contributed by atoms with Crippen LogP contribution in [0.1, 0.15) is 11.1 Å². The molecule has 26 heavy (non-hydrogen) atoms. The Bertz CT molecular complexity index is 1020. The Labute approximate surface area is 152 Å². The quantitative estimate of drug-likeness (QED) is 0.534. The zero-order valence-electron chi connectivity index (χ0n) is 14.7. The van der Waals surface area contributed by atoms with Gasteiger partial charge in [0, 0.05) is 29.1 Å². The molecular weight excluding hydrogens is 320 g/mol. The minimum Gasteiger partial charge on any atom is -0.265 e. The fraction of sp³-hybridized carbons (Fsp3) is 0.0909. The molecule has 0 saturated heterocycles. The Morgan fingerprint density at radius 3 is 1.65 bits per heavy atom. The van der Waals surface area contributed by atoms with E-state index in [9.17, 15) is 0 Å². The Kier molecular flexibility index (Phi) is 4.23. The standard InChI is InChI=1S/C22H18N4/c1-15-3-7-17(8-4-15)20-21(18-9-5-16(2)6-10-18)25-26-22(24-20)19-11-13-23-14-12-19/h3-14H,1-2H3. The van der Waals surface area contributed by atoms with Gasteiger partial charge in [-0.15, -0.1) is 10.2 Å².